The molecule has 0 fully saturated rings. The lowest BCUT2D eigenvalue weighted by molar-refractivity contribution is 0.0645. The molecule has 4 rings (SSSR count). The van der Waals surface area contributed by atoms with Gasteiger partial charge in [-0.1, -0.05) is 54.1 Å². The summed E-state index contributed by atoms with van der Waals surface area (Å²) >= 11 is 6.33. The van der Waals surface area contributed by atoms with Crippen molar-refractivity contribution in [1.29, 1.82) is 0 Å². The van der Waals surface area contributed by atoms with Crippen LogP contribution in [-0.4, -0.2) is 23.9 Å². The smallest absolute Gasteiger partial charge is 0.278 e. The number of para-hydroxylation sites is 1. The van der Waals surface area contributed by atoms with Crippen molar-refractivity contribution in [1.82, 2.24) is 5.01 Å². The second kappa shape index (κ2) is 5.60. The minimum atomic E-state index is -0.363. The first-order chi connectivity index (χ1) is 12.0. The Bertz CT molecular complexity index is 1050. The van der Waals surface area contributed by atoms with Crippen molar-refractivity contribution < 1.29 is 9.59 Å². The summed E-state index contributed by atoms with van der Waals surface area (Å²) in [5, 5.41) is 4.71. The van der Waals surface area contributed by atoms with E-state index in [1.165, 1.54) is 5.01 Å². The van der Waals surface area contributed by atoms with Crippen LogP contribution >= 0.6 is 11.6 Å². The third-order valence-electron chi connectivity index (χ3n) is 4.59. The number of nitrogens with zero attached hydrogens (tertiary/aromatic N) is 2. The largest absolute Gasteiger partial charge is 0.281 e. The molecule has 1 aliphatic heterocycles. The molecular weight excluding hydrogens is 336 g/mol. The van der Waals surface area contributed by atoms with E-state index in [1.54, 1.807) is 18.1 Å². The van der Waals surface area contributed by atoms with Gasteiger partial charge in [-0.25, -0.2) is 0 Å². The Morgan fingerprint density at radius 2 is 1.56 bits per heavy atom. The number of fused-ring (bicyclic) bond motifs is 3. The van der Waals surface area contributed by atoms with Gasteiger partial charge in [0.15, 0.2) is 0 Å². The molecule has 0 bridgehead atoms. The van der Waals surface area contributed by atoms with Crippen LogP contribution in [0.25, 0.3) is 10.8 Å². The molecule has 4 nitrogen and oxygen atoms in total. The van der Waals surface area contributed by atoms with Crippen LogP contribution in [0.3, 0.4) is 0 Å². The molecule has 2 amide bonds. The van der Waals surface area contributed by atoms with Gasteiger partial charge in [-0.05, 0) is 30.0 Å². The molecule has 0 atom stereocenters. The molecule has 0 spiro atoms. The fourth-order valence-electron chi connectivity index (χ4n) is 3.35. The van der Waals surface area contributed by atoms with Gasteiger partial charge >= 0.3 is 0 Å². The van der Waals surface area contributed by atoms with Crippen LogP contribution < -0.4 is 5.01 Å². The Balaban J connectivity index is 1.89. The van der Waals surface area contributed by atoms with Gasteiger partial charge in [0.1, 0.15) is 0 Å². The fraction of sp³-hybridized carbons (Fsp3) is 0.100. The molecule has 0 aliphatic carbocycles. The first kappa shape index (κ1) is 15.7. The van der Waals surface area contributed by atoms with Crippen LogP contribution in [0.2, 0.25) is 5.02 Å². The summed E-state index contributed by atoms with van der Waals surface area (Å²) in [4.78, 5) is 26.0. The maximum absolute atomic E-state index is 13.1. The first-order valence-corrected chi connectivity index (χ1v) is 8.28. The molecule has 0 saturated carbocycles. The van der Waals surface area contributed by atoms with Crippen LogP contribution in [-0.2, 0) is 0 Å². The minimum Gasteiger partial charge on any atom is -0.278 e. The van der Waals surface area contributed by atoms with Crippen molar-refractivity contribution in [3.63, 3.8) is 0 Å². The number of halogens is 1. The maximum atomic E-state index is 13.1. The Hall–Kier alpha value is -2.85. The van der Waals surface area contributed by atoms with Gasteiger partial charge in [-0.2, -0.15) is 5.01 Å². The third-order valence-corrected chi connectivity index (χ3v) is 4.90. The van der Waals surface area contributed by atoms with Crippen molar-refractivity contribution in [2.75, 3.05) is 12.1 Å². The number of carbonyl (C=O) groups excluding carboxylic acids is 2. The molecule has 1 aliphatic rings. The summed E-state index contributed by atoms with van der Waals surface area (Å²) in [6.07, 6.45) is 0. The minimum absolute atomic E-state index is 0.335. The lowest BCUT2D eigenvalue weighted by Gasteiger charge is -2.29. The second-order valence-electron chi connectivity index (χ2n) is 6.06. The average Bonchev–Trinajstić information content (AvgIpc) is 2.86. The lowest BCUT2D eigenvalue weighted by atomic mass is 10.0. The van der Waals surface area contributed by atoms with Crippen LogP contribution in [0.1, 0.15) is 26.3 Å². The third kappa shape index (κ3) is 2.22. The maximum Gasteiger partial charge on any atom is 0.281 e. The number of benzene rings is 3. The lowest BCUT2D eigenvalue weighted by Crippen LogP contribution is -2.44. The predicted molar refractivity (Wildman–Crippen MR) is 99.0 cm³/mol. The fourth-order valence-corrected chi connectivity index (χ4v) is 3.62. The number of carbonyl (C=O) groups is 2. The average molecular weight is 351 g/mol. The van der Waals surface area contributed by atoms with Gasteiger partial charge in [0.25, 0.3) is 11.8 Å². The van der Waals surface area contributed by atoms with Crippen molar-refractivity contribution in [3.05, 3.63) is 76.3 Å². The van der Waals surface area contributed by atoms with E-state index in [0.717, 1.165) is 16.6 Å². The summed E-state index contributed by atoms with van der Waals surface area (Å²) in [6, 6.07) is 16.6. The Labute approximate surface area is 150 Å². The summed E-state index contributed by atoms with van der Waals surface area (Å²) in [5.41, 5.74) is 2.52. The van der Waals surface area contributed by atoms with Gasteiger partial charge < -0.3 is 0 Å². The second-order valence-corrected chi connectivity index (χ2v) is 6.47. The molecule has 0 N–H and O–H groups in total. The standard InChI is InChI=1S/C20H15ClN2O2/c1-12-7-3-6-10-17(12)22(2)23-19(24)15-11-16(21)13-8-4-5-9-14(13)18(15)20(23)25/h3-11H,1-2H3. The molecule has 3 aromatic rings. The normalized spacial score (nSPS) is 13.5. The van der Waals surface area contributed by atoms with E-state index in [4.69, 9.17) is 11.6 Å². The molecule has 0 saturated heterocycles. The number of aryl methyl sites for hydroxylation is 1. The number of anilines is 1. The Kier molecular flexibility index (Phi) is 3.51. The molecule has 0 unspecified atom stereocenters. The van der Waals surface area contributed by atoms with Gasteiger partial charge in [-0.15, -0.1) is 0 Å². The van der Waals surface area contributed by atoms with Crippen LogP contribution in [0.5, 0.6) is 0 Å². The van der Waals surface area contributed by atoms with Crippen LogP contribution in [0.4, 0.5) is 5.69 Å². The topological polar surface area (TPSA) is 40.6 Å². The van der Waals surface area contributed by atoms with E-state index in [9.17, 15) is 9.59 Å². The molecule has 25 heavy (non-hydrogen) atoms. The van der Waals surface area contributed by atoms with E-state index < -0.39 is 0 Å². The van der Waals surface area contributed by atoms with Gasteiger partial charge in [0.05, 0.1) is 16.8 Å². The summed E-state index contributed by atoms with van der Waals surface area (Å²) < 4.78 is 0. The van der Waals surface area contributed by atoms with Gasteiger partial charge in [-0.3, -0.25) is 14.6 Å². The van der Waals surface area contributed by atoms with Crippen molar-refractivity contribution >= 4 is 39.9 Å². The highest BCUT2D eigenvalue weighted by molar-refractivity contribution is 6.38. The highest BCUT2D eigenvalue weighted by atomic mass is 35.5. The summed E-state index contributed by atoms with van der Waals surface area (Å²) in [7, 11) is 1.72. The van der Waals surface area contributed by atoms with Crippen molar-refractivity contribution in [3.8, 4) is 0 Å². The SMILES string of the molecule is Cc1ccccc1N(C)N1C(=O)c2cc(Cl)c3ccccc3c2C1=O. The van der Waals surface area contributed by atoms with E-state index in [0.29, 0.717) is 21.5 Å². The first-order valence-electron chi connectivity index (χ1n) is 7.90. The van der Waals surface area contributed by atoms with Gasteiger partial charge in [0, 0.05) is 17.5 Å². The quantitative estimate of drug-likeness (QED) is 0.641. The van der Waals surface area contributed by atoms with Crippen LogP contribution in [0, 0.1) is 6.92 Å². The molecule has 0 radical (unpaired) electrons. The van der Waals surface area contributed by atoms with E-state index in [1.807, 2.05) is 55.5 Å². The summed E-state index contributed by atoms with van der Waals surface area (Å²) in [6.45, 7) is 1.94. The number of hydrogen-bond acceptors (Lipinski definition) is 3. The highest BCUT2D eigenvalue weighted by Gasteiger charge is 2.40. The van der Waals surface area contributed by atoms with Crippen molar-refractivity contribution in [2.45, 2.75) is 6.92 Å². The van der Waals surface area contributed by atoms with Crippen LogP contribution in [0.15, 0.2) is 54.6 Å². The monoisotopic (exact) mass is 350 g/mol. The van der Waals surface area contributed by atoms with E-state index in [-0.39, 0.29) is 11.8 Å². The molecule has 0 aromatic heterocycles. The number of rotatable bonds is 2. The number of hydrazine groups is 1. The molecule has 124 valence electrons. The molecule has 5 heteroatoms. The Morgan fingerprint density at radius 3 is 2.28 bits per heavy atom. The zero-order valence-corrected chi connectivity index (χ0v) is 14.5. The Morgan fingerprint density at radius 1 is 0.920 bits per heavy atom. The molecular formula is C20H15ClN2O2. The zero-order chi connectivity index (χ0) is 17.7. The molecule has 3 aromatic carbocycles. The molecule has 1 heterocycles. The zero-order valence-electron chi connectivity index (χ0n) is 13.8. The van der Waals surface area contributed by atoms with E-state index in [2.05, 4.69) is 0 Å². The van der Waals surface area contributed by atoms with E-state index >= 15 is 0 Å². The summed E-state index contributed by atoms with van der Waals surface area (Å²) in [5.74, 6) is -0.697. The number of hydrogen-bond donors (Lipinski definition) is 0. The van der Waals surface area contributed by atoms with Gasteiger partial charge in [0.2, 0.25) is 0 Å². The van der Waals surface area contributed by atoms with Crippen molar-refractivity contribution in [2.24, 2.45) is 0 Å². The number of amides is 2. The highest BCUT2D eigenvalue weighted by Crippen LogP contribution is 2.36. The predicted octanol–water partition coefficient (Wildman–Crippen LogP) is 4.45. The number of imide groups is 1.